The van der Waals surface area contributed by atoms with Gasteiger partial charge < -0.3 is 5.11 Å². The Bertz CT molecular complexity index is 605. The molecular weight excluding hydrogens is 272 g/mol. The maximum atomic E-state index is 11.4. The first kappa shape index (κ1) is 15.0. The third kappa shape index (κ3) is 4.04. The zero-order valence-corrected chi connectivity index (χ0v) is 12.3. The lowest BCUT2D eigenvalue weighted by Gasteiger charge is -2.23. The Hall–Kier alpha value is -2.38. The molecule has 2 aromatic heterocycles. The minimum atomic E-state index is -0.851. The summed E-state index contributed by atoms with van der Waals surface area (Å²) in [6, 6.07) is 0. The first-order chi connectivity index (χ1) is 9.87. The average molecular weight is 290 g/mol. The Balaban J connectivity index is 2.23. The third-order valence-electron chi connectivity index (χ3n) is 2.95. The molecule has 0 spiro atoms. The van der Waals surface area contributed by atoms with Gasteiger partial charge in [0.25, 0.3) is 0 Å². The lowest BCUT2D eigenvalue weighted by molar-refractivity contribution is -0.143. The van der Waals surface area contributed by atoms with Gasteiger partial charge in [-0.05, 0) is 22.3 Å². The molecule has 0 aliphatic rings. The van der Waals surface area contributed by atoms with Crippen molar-refractivity contribution in [1.82, 2.24) is 30.2 Å². The summed E-state index contributed by atoms with van der Waals surface area (Å²) in [5.41, 5.74) is 0.565. The van der Waals surface area contributed by atoms with E-state index >= 15 is 0 Å². The fraction of sp³-hybridized carbons (Fsp3) is 0.538. The predicted molar refractivity (Wildman–Crippen MR) is 74.0 cm³/mol. The maximum Gasteiger partial charge on any atom is 0.308 e. The minimum Gasteiger partial charge on any atom is -0.481 e. The molecule has 8 heteroatoms. The zero-order chi connectivity index (χ0) is 15.5. The van der Waals surface area contributed by atoms with Gasteiger partial charge in [-0.2, -0.15) is 0 Å². The van der Waals surface area contributed by atoms with Crippen LogP contribution in [-0.4, -0.2) is 41.3 Å². The first-order valence-electron chi connectivity index (χ1n) is 6.61. The Labute approximate surface area is 122 Å². The van der Waals surface area contributed by atoms with E-state index in [0.717, 1.165) is 0 Å². The van der Waals surface area contributed by atoms with Crippen molar-refractivity contribution in [2.24, 2.45) is 11.3 Å². The van der Waals surface area contributed by atoms with Crippen LogP contribution in [0.25, 0.3) is 11.4 Å². The molecule has 112 valence electrons. The van der Waals surface area contributed by atoms with Crippen molar-refractivity contribution in [2.45, 2.75) is 33.7 Å². The van der Waals surface area contributed by atoms with E-state index in [-0.39, 0.29) is 12.0 Å². The Morgan fingerprint density at radius 2 is 2.00 bits per heavy atom. The van der Waals surface area contributed by atoms with E-state index in [2.05, 4.69) is 25.5 Å². The van der Waals surface area contributed by atoms with Crippen LogP contribution in [0.4, 0.5) is 0 Å². The summed E-state index contributed by atoms with van der Waals surface area (Å²) in [5, 5.41) is 20.8. The van der Waals surface area contributed by atoms with Crippen molar-refractivity contribution in [3.63, 3.8) is 0 Å². The number of carbonyl (C=O) groups is 1. The molecule has 21 heavy (non-hydrogen) atoms. The van der Waals surface area contributed by atoms with Gasteiger partial charge in [0, 0.05) is 12.4 Å². The standard InChI is InChI=1S/C13H18N6O2/c1-13(2,3)4-9(12(20)21)7-19-11(16-17-18-19)10-5-14-8-15-6-10/h5-6,8-9H,4,7H2,1-3H3,(H,20,21). The topological polar surface area (TPSA) is 107 Å². The molecule has 8 nitrogen and oxygen atoms in total. The quantitative estimate of drug-likeness (QED) is 0.883. The summed E-state index contributed by atoms with van der Waals surface area (Å²) in [4.78, 5) is 19.3. The van der Waals surface area contributed by atoms with Crippen molar-refractivity contribution in [1.29, 1.82) is 0 Å². The van der Waals surface area contributed by atoms with Gasteiger partial charge in [0.1, 0.15) is 6.33 Å². The molecule has 2 heterocycles. The third-order valence-corrected chi connectivity index (χ3v) is 2.95. The number of hydrogen-bond donors (Lipinski definition) is 1. The second-order valence-electron chi connectivity index (χ2n) is 6.11. The average Bonchev–Trinajstić information content (AvgIpc) is 2.85. The molecule has 1 unspecified atom stereocenters. The monoisotopic (exact) mass is 290 g/mol. The number of carboxylic acid groups (broad SMARTS) is 1. The van der Waals surface area contributed by atoms with Gasteiger partial charge in [-0.15, -0.1) is 5.10 Å². The summed E-state index contributed by atoms with van der Waals surface area (Å²) in [6.45, 7) is 6.24. The van der Waals surface area contributed by atoms with Gasteiger partial charge in [0.15, 0.2) is 5.82 Å². The van der Waals surface area contributed by atoms with Gasteiger partial charge in [-0.25, -0.2) is 14.6 Å². The summed E-state index contributed by atoms with van der Waals surface area (Å²) >= 11 is 0. The smallest absolute Gasteiger partial charge is 0.308 e. The van der Waals surface area contributed by atoms with Crippen LogP contribution in [-0.2, 0) is 11.3 Å². The number of carboxylic acids is 1. The highest BCUT2D eigenvalue weighted by Gasteiger charge is 2.26. The van der Waals surface area contributed by atoms with E-state index in [9.17, 15) is 9.90 Å². The molecule has 2 aromatic rings. The number of hydrogen-bond acceptors (Lipinski definition) is 6. The van der Waals surface area contributed by atoms with Crippen LogP contribution < -0.4 is 0 Å². The molecule has 0 aliphatic carbocycles. The van der Waals surface area contributed by atoms with Crippen LogP contribution in [0.1, 0.15) is 27.2 Å². The molecular formula is C13H18N6O2. The van der Waals surface area contributed by atoms with Crippen molar-refractivity contribution < 1.29 is 9.90 Å². The van der Waals surface area contributed by atoms with Crippen LogP contribution in [0.3, 0.4) is 0 Å². The van der Waals surface area contributed by atoms with Crippen LogP contribution >= 0.6 is 0 Å². The molecule has 1 atom stereocenters. The normalized spacial score (nSPS) is 13.1. The van der Waals surface area contributed by atoms with Gasteiger partial charge >= 0.3 is 5.97 Å². The number of nitrogens with zero attached hydrogens (tertiary/aromatic N) is 6. The van der Waals surface area contributed by atoms with E-state index in [0.29, 0.717) is 17.8 Å². The number of aromatic nitrogens is 6. The second-order valence-corrected chi connectivity index (χ2v) is 6.11. The highest BCUT2D eigenvalue weighted by molar-refractivity contribution is 5.70. The second kappa shape index (κ2) is 5.94. The van der Waals surface area contributed by atoms with Crippen LogP contribution in [0.5, 0.6) is 0 Å². The van der Waals surface area contributed by atoms with Crippen LogP contribution in [0.15, 0.2) is 18.7 Å². The number of rotatable bonds is 5. The van der Waals surface area contributed by atoms with E-state index in [4.69, 9.17) is 0 Å². The highest BCUT2D eigenvalue weighted by Crippen LogP contribution is 2.26. The van der Waals surface area contributed by atoms with Crippen molar-refractivity contribution in [3.8, 4) is 11.4 Å². The molecule has 0 aliphatic heterocycles. The Morgan fingerprint density at radius 3 is 2.57 bits per heavy atom. The van der Waals surface area contributed by atoms with Crippen molar-refractivity contribution in [2.75, 3.05) is 0 Å². The van der Waals surface area contributed by atoms with E-state index in [1.807, 2.05) is 20.8 Å². The highest BCUT2D eigenvalue weighted by atomic mass is 16.4. The van der Waals surface area contributed by atoms with Gasteiger partial charge in [-0.1, -0.05) is 20.8 Å². The molecule has 0 bridgehead atoms. The molecule has 2 rings (SSSR count). The zero-order valence-electron chi connectivity index (χ0n) is 12.3. The lowest BCUT2D eigenvalue weighted by atomic mass is 9.84. The fourth-order valence-electron chi connectivity index (χ4n) is 2.13. The van der Waals surface area contributed by atoms with Gasteiger partial charge in [0.05, 0.1) is 18.0 Å². The maximum absolute atomic E-state index is 11.4. The summed E-state index contributed by atoms with van der Waals surface area (Å²) in [5.74, 6) is -0.941. The predicted octanol–water partition coefficient (Wildman–Crippen LogP) is 1.27. The summed E-state index contributed by atoms with van der Waals surface area (Å²) in [6.07, 6.45) is 5.13. The van der Waals surface area contributed by atoms with E-state index in [1.165, 1.54) is 11.0 Å². The van der Waals surface area contributed by atoms with E-state index < -0.39 is 11.9 Å². The molecule has 1 N–H and O–H groups in total. The van der Waals surface area contributed by atoms with E-state index in [1.54, 1.807) is 12.4 Å². The molecule has 0 radical (unpaired) electrons. The summed E-state index contributed by atoms with van der Waals surface area (Å²) in [7, 11) is 0. The van der Waals surface area contributed by atoms with Crippen molar-refractivity contribution in [3.05, 3.63) is 18.7 Å². The summed E-state index contributed by atoms with van der Waals surface area (Å²) < 4.78 is 1.49. The largest absolute Gasteiger partial charge is 0.481 e. The molecule has 0 aromatic carbocycles. The molecule has 0 saturated heterocycles. The van der Waals surface area contributed by atoms with Gasteiger partial charge in [0.2, 0.25) is 0 Å². The number of tetrazole rings is 1. The van der Waals surface area contributed by atoms with Crippen molar-refractivity contribution >= 4 is 5.97 Å². The fourth-order valence-corrected chi connectivity index (χ4v) is 2.13. The molecule has 0 fully saturated rings. The Morgan fingerprint density at radius 1 is 1.33 bits per heavy atom. The first-order valence-corrected chi connectivity index (χ1v) is 6.61. The molecule has 0 saturated carbocycles. The van der Waals surface area contributed by atoms with Crippen LogP contribution in [0, 0.1) is 11.3 Å². The molecule has 0 amide bonds. The minimum absolute atomic E-state index is 0.0902. The lowest BCUT2D eigenvalue weighted by Crippen LogP contribution is -2.26. The van der Waals surface area contributed by atoms with Gasteiger partial charge in [-0.3, -0.25) is 4.79 Å². The number of aliphatic carboxylic acids is 1. The van der Waals surface area contributed by atoms with Crippen LogP contribution in [0.2, 0.25) is 0 Å². The Kier molecular flexibility index (Phi) is 4.25. The SMILES string of the molecule is CC(C)(C)CC(Cn1nnnc1-c1cncnc1)C(=O)O.